The molecule has 5 nitrogen and oxygen atoms in total. The van der Waals surface area contributed by atoms with E-state index in [1.54, 1.807) is 6.26 Å². The number of hydrogen-bond acceptors (Lipinski definition) is 3. The van der Waals surface area contributed by atoms with Gasteiger partial charge in [-0.3, -0.25) is 0 Å². The van der Waals surface area contributed by atoms with Crippen LogP contribution in [0.5, 0.6) is 0 Å². The highest BCUT2D eigenvalue weighted by atomic mass is 16.4. The van der Waals surface area contributed by atoms with E-state index in [0.29, 0.717) is 26.2 Å². The van der Waals surface area contributed by atoms with Crippen LogP contribution in [-0.4, -0.2) is 42.3 Å². The summed E-state index contributed by atoms with van der Waals surface area (Å²) in [5, 5.41) is 10.00. The quantitative estimate of drug-likeness (QED) is 0.838. The molecule has 0 bridgehead atoms. The van der Waals surface area contributed by atoms with Crippen molar-refractivity contribution >= 4 is 22.7 Å². The van der Waals surface area contributed by atoms with Gasteiger partial charge in [-0.05, 0) is 12.1 Å². The van der Waals surface area contributed by atoms with Crippen LogP contribution in [0, 0.1) is 0 Å². The number of para-hydroxylation sites is 1. The summed E-state index contributed by atoms with van der Waals surface area (Å²) >= 11 is 0. The smallest absolute Gasteiger partial charge is 0.407 e. The number of furan rings is 1. The van der Waals surface area contributed by atoms with Gasteiger partial charge in [0, 0.05) is 31.6 Å². The highest BCUT2D eigenvalue weighted by Gasteiger charge is 2.22. The van der Waals surface area contributed by atoms with Gasteiger partial charge >= 0.3 is 6.09 Å². The van der Waals surface area contributed by atoms with Gasteiger partial charge in [-0.25, -0.2) is 4.79 Å². The number of benzene rings is 1. The molecule has 1 aromatic heterocycles. The number of amides is 1. The van der Waals surface area contributed by atoms with E-state index in [-0.39, 0.29) is 0 Å². The van der Waals surface area contributed by atoms with Crippen LogP contribution in [0.4, 0.5) is 10.5 Å². The second kappa shape index (κ2) is 4.25. The first-order valence-electron chi connectivity index (χ1n) is 5.95. The Kier molecular flexibility index (Phi) is 2.59. The Bertz CT molecular complexity index is 570. The lowest BCUT2D eigenvalue weighted by Crippen LogP contribution is -2.48. The third-order valence-corrected chi connectivity index (χ3v) is 3.35. The molecule has 18 heavy (non-hydrogen) atoms. The van der Waals surface area contributed by atoms with Crippen molar-refractivity contribution in [1.29, 1.82) is 0 Å². The third-order valence-electron chi connectivity index (χ3n) is 3.35. The van der Waals surface area contributed by atoms with E-state index in [4.69, 9.17) is 9.52 Å². The minimum atomic E-state index is -0.842. The predicted octanol–water partition coefficient (Wildman–Crippen LogP) is 2.23. The van der Waals surface area contributed by atoms with Gasteiger partial charge in [0.05, 0.1) is 12.0 Å². The van der Waals surface area contributed by atoms with E-state index in [1.807, 2.05) is 24.3 Å². The van der Waals surface area contributed by atoms with Crippen molar-refractivity contribution < 1.29 is 14.3 Å². The molecule has 2 aromatic rings. The summed E-state index contributed by atoms with van der Waals surface area (Å²) < 4.78 is 5.50. The Labute approximate surface area is 104 Å². The summed E-state index contributed by atoms with van der Waals surface area (Å²) in [5.41, 5.74) is 1.92. The number of carbonyl (C=O) groups is 1. The molecule has 0 spiro atoms. The van der Waals surface area contributed by atoms with Gasteiger partial charge in [-0.1, -0.05) is 12.1 Å². The van der Waals surface area contributed by atoms with Crippen LogP contribution in [0.15, 0.2) is 34.9 Å². The summed E-state index contributed by atoms with van der Waals surface area (Å²) in [6.07, 6.45) is 0.840. The zero-order valence-corrected chi connectivity index (χ0v) is 9.87. The van der Waals surface area contributed by atoms with Crippen molar-refractivity contribution in [3.63, 3.8) is 0 Å². The Balaban J connectivity index is 1.84. The molecule has 2 heterocycles. The summed E-state index contributed by atoms with van der Waals surface area (Å²) in [4.78, 5) is 14.5. The molecule has 1 N–H and O–H groups in total. The topological polar surface area (TPSA) is 56.9 Å². The van der Waals surface area contributed by atoms with Gasteiger partial charge in [-0.2, -0.15) is 0 Å². The molecule has 0 aliphatic carbocycles. The number of fused-ring (bicyclic) bond motifs is 1. The predicted molar refractivity (Wildman–Crippen MR) is 68.0 cm³/mol. The largest absolute Gasteiger partial charge is 0.465 e. The molecule has 1 aromatic carbocycles. The molecule has 0 unspecified atom stereocenters. The summed E-state index contributed by atoms with van der Waals surface area (Å²) in [5.74, 6) is 0. The highest BCUT2D eigenvalue weighted by Crippen LogP contribution is 2.28. The molecule has 0 radical (unpaired) electrons. The van der Waals surface area contributed by atoms with Gasteiger partial charge in [0.1, 0.15) is 0 Å². The molecule has 1 aliphatic rings. The van der Waals surface area contributed by atoms with Gasteiger partial charge in [0.25, 0.3) is 0 Å². The van der Waals surface area contributed by atoms with Crippen LogP contribution >= 0.6 is 0 Å². The normalized spacial score (nSPS) is 16.2. The van der Waals surface area contributed by atoms with E-state index in [9.17, 15) is 4.79 Å². The Morgan fingerprint density at radius 1 is 1.17 bits per heavy atom. The fraction of sp³-hybridized carbons (Fsp3) is 0.308. The Hall–Kier alpha value is -2.17. The van der Waals surface area contributed by atoms with Crippen LogP contribution in [0.3, 0.4) is 0 Å². The van der Waals surface area contributed by atoms with Crippen LogP contribution < -0.4 is 4.90 Å². The lowest BCUT2D eigenvalue weighted by molar-refractivity contribution is 0.142. The molecular formula is C13H14N2O3. The summed E-state index contributed by atoms with van der Waals surface area (Å²) in [6, 6.07) is 7.96. The van der Waals surface area contributed by atoms with Crippen molar-refractivity contribution in [2.75, 3.05) is 31.1 Å². The van der Waals surface area contributed by atoms with E-state index in [0.717, 1.165) is 16.7 Å². The summed E-state index contributed by atoms with van der Waals surface area (Å²) in [6.45, 7) is 2.47. The monoisotopic (exact) mass is 246 g/mol. The van der Waals surface area contributed by atoms with E-state index >= 15 is 0 Å². The van der Waals surface area contributed by atoms with Crippen LogP contribution in [0.1, 0.15) is 0 Å². The fourth-order valence-electron chi connectivity index (χ4n) is 2.36. The maximum absolute atomic E-state index is 10.9. The second-order valence-corrected chi connectivity index (χ2v) is 4.37. The van der Waals surface area contributed by atoms with E-state index in [1.165, 1.54) is 4.90 Å². The van der Waals surface area contributed by atoms with Crippen LogP contribution in [-0.2, 0) is 0 Å². The number of anilines is 1. The average molecular weight is 246 g/mol. The zero-order valence-electron chi connectivity index (χ0n) is 9.87. The molecule has 94 valence electrons. The molecule has 1 fully saturated rings. The molecule has 1 amide bonds. The molecule has 1 aliphatic heterocycles. The standard InChI is InChI=1S/C13H14N2O3/c16-13(17)15-7-5-14(6-8-15)11-3-1-2-10-4-9-18-12(10)11/h1-4,9H,5-8H2,(H,16,17). The molecule has 5 heteroatoms. The minimum absolute atomic E-state index is 0.534. The Morgan fingerprint density at radius 2 is 1.94 bits per heavy atom. The average Bonchev–Trinajstić information content (AvgIpc) is 2.87. The first-order chi connectivity index (χ1) is 8.75. The number of piperazine rings is 1. The van der Waals surface area contributed by atoms with Gasteiger partial charge in [-0.15, -0.1) is 0 Å². The molecule has 0 atom stereocenters. The van der Waals surface area contributed by atoms with Crippen molar-refractivity contribution in [3.8, 4) is 0 Å². The molecule has 1 saturated heterocycles. The van der Waals surface area contributed by atoms with Gasteiger partial charge in [0.15, 0.2) is 5.58 Å². The summed E-state index contributed by atoms with van der Waals surface area (Å²) in [7, 11) is 0. The zero-order chi connectivity index (χ0) is 12.5. The second-order valence-electron chi connectivity index (χ2n) is 4.37. The number of nitrogens with zero attached hydrogens (tertiary/aromatic N) is 2. The SMILES string of the molecule is O=C(O)N1CCN(c2cccc3ccoc23)CC1. The fourth-order valence-corrected chi connectivity index (χ4v) is 2.36. The van der Waals surface area contributed by atoms with Gasteiger partial charge < -0.3 is 19.3 Å². The van der Waals surface area contributed by atoms with Crippen LogP contribution in [0.2, 0.25) is 0 Å². The first-order valence-corrected chi connectivity index (χ1v) is 5.95. The maximum atomic E-state index is 10.9. The van der Waals surface area contributed by atoms with Crippen molar-refractivity contribution in [3.05, 3.63) is 30.5 Å². The maximum Gasteiger partial charge on any atom is 0.407 e. The molecular weight excluding hydrogens is 232 g/mol. The number of carboxylic acid groups (broad SMARTS) is 1. The van der Waals surface area contributed by atoms with Crippen molar-refractivity contribution in [2.24, 2.45) is 0 Å². The lowest BCUT2D eigenvalue weighted by Gasteiger charge is -2.34. The van der Waals surface area contributed by atoms with E-state index < -0.39 is 6.09 Å². The molecule has 0 saturated carbocycles. The van der Waals surface area contributed by atoms with Crippen molar-refractivity contribution in [2.45, 2.75) is 0 Å². The molecule has 3 rings (SSSR count). The highest BCUT2D eigenvalue weighted by molar-refractivity contribution is 5.89. The van der Waals surface area contributed by atoms with E-state index in [2.05, 4.69) is 4.90 Å². The lowest BCUT2D eigenvalue weighted by atomic mass is 10.2. The third kappa shape index (κ3) is 1.77. The van der Waals surface area contributed by atoms with Crippen molar-refractivity contribution in [1.82, 2.24) is 4.90 Å². The minimum Gasteiger partial charge on any atom is -0.465 e. The Morgan fingerprint density at radius 3 is 2.67 bits per heavy atom. The van der Waals surface area contributed by atoms with Gasteiger partial charge in [0.2, 0.25) is 0 Å². The number of rotatable bonds is 1. The first kappa shape index (κ1) is 11.0. The van der Waals surface area contributed by atoms with Crippen LogP contribution in [0.25, 0.3) is 11.0 Å². The number of hydrogen-bond donors (Lipinski definition) is 1.